The van der Waals surface area contributed by atoms with E-state index in [0.29, 0.717) is 6.79 Å². The summed E-state index contributed by atoms with van der Waals surface area (Å²) >= 11 is 0. The fourth-order valence-electron chi connectivity index (χ4n) is 2.80. The smallest absolute Gasteiger partial charge is 0.231 e. The third-order valence-electron chi connectivity index (χ3n) is 3.83. The van der Waals surface area contributed by atoms with Gasteiger partial charge >= 0.3 is 0 Å². The summed E-state index contributed by atoms with van der Waals surface area (Å²) in [5.74, 6) is 1.67. The number of benzene rings is 1. The molecular weight excluding hydrogens is 228 g/mol. The summed E-state index contributed by atoms with van der Waals surface area (Å²) in [5.41, 5.74) is 7.38. The first-order valence-electron chi connectivity index (χ1n) is 6.58. The zero-order chi connectivity index (χ0) is 12.6. The molecule has 1 fully saturated rings. The van der Waals surface area contributed by atoms with Crippen LogP contribution >= 0.6 is 0 Å². The Hall–Kier alpha value is -1.26. The summed E-state index contributed by atoms with van der Waals surface area (Å²) in [6.45, 7) is 4.66. The van der Waals surface area contributed by atoms with Crippen molar-refractivity contribution >= 4 is 0 Å². The van der Waals surface area contributed by atoms with Gasteiger partial charge in [-0.3, -0.25) is 4.90 Å². The van der Waals surface area contributed by atoms with E-state index in [-0.39, 0.29) is 5.66 Å². The molecule has 0 bridgehead atoms. The third kappa shape index (κ3) is 2.18. The van der Waals surface area contributed by atoms with E-state index in [2.05, 4.69) is 17.9 Å². The average molecular weight is 248 g/mol. The van der Waals surface area contributed by atoms with Crippen LogP contribution in [0.2, 0.25) is 0 Å². The number of likely N-dealkylation sites (tertiary alicyclic amines) is 1. The van der Waals surface area contributed by atoms with E-state index in [1.807, 2.05) is 12.1 Å². The Bertz CT molecular complexity index is 439. The summed E-state index contributed by atoms with van der Waals surface area (Å²) in [7, 11) is 0. The van der Waals surface area contributed by atoms with Crippen LogP contribution in [0.25, 0.3) is 0 Å². The van der Waals surface area contributed by atoms with Crippen molar-refractivity contribution in [2.24, 2.45) is 5.73 Å². The highest BCUT2D eigenvalue weighted by molar-refractivity contribution is 5.44. The van der Waals surface area contributed by atoms with Crippen molar-refractivity contribution in [1.29, 1.82) is 0 Å². The Labute approximate surface area is 108 Å². The maximum absolute atomic E-state index is 6.45. The Morgan fingerprint density at radius 3 is 2.72 bits per heavy atom. The minimum Gasteiger partial charge on any atom is -0.454 e. The Kier molecular flexibility index (Phi) is 2.92. The number of ether oxygens (including phenoxy) is 2. The lowest BCUT2D eigenvalue weighted by molar-refractivity contribution is 0.141. The van der Waals surface area contributed by atoms with Crippen LogP contribution in [0.1, 0.15) is 25.3 Å². The van der Waals surface area contributed by atoms with E-state index < -0.39 is 0 Å². The van der Waals surface area contributed by atoms with Crippen LogP contribution < -0.4 is 15.2 Å². The van der Waals surface area contributed by atoms with Gasteiger partial charge in [0.1, 0.15) is 0 Å². The van der Waals surface area contributed by atoms with Gasteiger partial charge in [0.05, 0.1) is 5.66 Å². The lowest BCUT2D eigenvalue weighted by Gasteiger charge is -2.35. The van der Waals surface area contributed by atoms with Gasteiger partial charge in [0.25, 0.3) is 0 Å². The van der Waals surface area contributed by atoms with Gasteiger partial charge in [-0.05, 0) is 50.6 Å². The minimum absolute atomic E-state index is 0.274. The monoisotopic (exact) mass is 248 g/mol. The standard InChI is InChI=1S/C14H20N2O2/c1-14(15,16-6-2-3-7-16)9-11-4-5-12-13(8-11)18-10-17-12/h4-5,8H,2-3,6-7,9-10,15H2,1H3. The number of nitrogens with zero attached hydrogens (tertiary/aromatic N) is 1. The fraction of sp³-hybridized carbons (Fsp3) is 0.571. The van der Waals surface area contributed by atoms with Crippen LogP contribution in [0.3, 0.4) is 0 Å². The molecule has 2 heterocycles. The molecular formula is C14H20N2O2. The number of rotatable bonds is 3. The molecule has 4 nitrogen and oxygen atoms in total. The molecule has 2 aliphatic heterocycles. The largest absolute Gasteiger partial charge is 0.454 e. The highest BCUT2D eigenvalue weighted by Crippen LogP contribution is 2.33. The predicted octanol–water partition coefficient (Wildman–Crippen LogP) is 1.73. The van der Waals surface area contributed by atoms with Crippen LogP contribution in [0.5, 0.6) is 11.5 Å². The van der Waals surface area contributed by atoms with Crippen LogP contribution in [0, 0.1) is 0 Å². The average Bonchev–Trinajstić information content (AvgIpc) is 2.99. The third-order valence-corrected chi connectivity index (χ3v) is 3.83. The number of hydrogen-bond donors (Lipinski definition) is 1. The maximum Gasteiger partial charge on any atom is 0.231 e. The molecule has 0 amide bonds. The molecule has 1 saturated heterocycles. The molecule has 1 aromatic rings. The van der Waals surface area contributed by atoms with E-state index in [1.165, 1.54) is 18.4 Å². The molecule has 0 aromatic heterocycles. The zero-order valence-corrected chi connectivity index (χ0v) is 10.8. The first-order valence-corrected chi connectivity index (χ1v) is 6.58. The summed E-state index contributed by atoms with van der Waals surface area (Å²) in [4.78, 5) is 2.37. The molecule has 4 heteroatoms. The van der Waals surface area contributed by atoms with E-state index in [4.69, 9.17) is 15.2 Å². The Balaban J connectivity index is 1.75. The van der Waals surface area contributed by atoms with E-state index in [1.54, 1.807) is 0 Å². The Morgan fingerprint density at radius 2 is 1.94 bits per heavy atom. The second-order valence-electron chi connectivity index (χ2n) is 5.42. The van der Waals surface area contributed by atoms with E-state index >= 15 is 0 Å². The van der Waals surface area contributed by atoms with E-state index in [0.717, 1.165) is 31.0 Å². The van der Waals surface area contributed by atoms with Gasteiger partial charge in [-0.2, -0.15) is 0 Å². The Morgan fingerprint density at radius 1 is 1.22 bits per heavy atom. The van der Waals surface area contributed by atoms with Crippen molar-refractivity contribution in [3.05, 3.63) is 23.8 Å². The van der Waals surface area contributed by atoms with Crippen LogP contribution in [-0.4, -0.2) is 30.4 Å². The summed E-state index contributed by atoms with van der Waals surface area (Å²) in [5, 5.41) is 0. The molecule has 98 valence electrons. The second-order valence-corrected chi connectivity index (χ2v) is 5.42. The van der Waals surface area contributed by atoms with Crippen molar-refractivity contribution < 1.29 is 9.47 Å². The quantitative estimate of drug-likeness (QED) is 0.885. The molecule has 0 spiro atoms. The topological polar surface area (TPSA) is 47.7 Å². The van der Waals surface area contributed by atoms with Gasteiger partial charge in [0, 0.05) is 6.42 Å². The predicted molar refractivity (Wildman–Crippen MR) is 69.7 cm³/mol. The highest BCUT2D eigenvalue weighted by Gasteiger charge is 2.30. The van der Waals surface area contributed by atoms with Gasteiger partial charge in [0.2, 0.25) is 6.79 Å². The van der Waals surface area contributed by atoms with Gasteiger partial charge in [-0.25, -0.2) is 0 Å². The van der Waals surface area contributed by atoms with Crippen molar-refractivity contribution in [2.75, 3.05) is 19.9 Å². The fourth-order valence-corrected chi connectivity index (χ4v) is 2.80. The highest BCUT2D eigenvalue weighted by atomic mass is 16.7. The zero-order valence-electron chi connectivity index (χ0n) is 10.8. The molecule has 1 unspecified atom stereocenters. The van der Waals surface area contributed by atoms with E-state index in [9.17, 15) is 0 Å². The molecule has 0 saturated carbocycles. The maximum atomic E-state index is 6.45. The van der Waals surface area contributed by atoms with Crippen molar-refractivity contribution in [3.8, 4) is 11.5 Å². The summed E-state index contributed by atoms with van der Waals surface area (Å²) in [6.07, 6.45) is 3.35. The van der Waals surface area contributed by atoms with Gasteiger partial charge in [-0.15, -0.1) is 0 Å². The molecule has 3 rings (SSSR count). The SMILES string of the molecule is CC(N)(Cc1ccc2c(c1)OCO2)N1CCCC1. The van der Waals surface area contributed by atoms with Crippen molar-refractivity contribution in [3.63, 3.8) is 0 Å². The molecule has 18 heavy (non-hydrogen) atoms. The van der Waals surface area contributed by atoms with Crippen molar-refractivity contribution in [1.82, 2.24) is 4.90 Å². The molecule has 2 aliphatic rings. The lowest BCUT2D eigenvalue weighted by Crippen LogP contribution is -2.53. The minimum atomic E-state index is -0.274. The first kappa shape index (κ1) is 11.8. The number of fused-ring (bicyclic) bond motifs is 1. The van der Waals surface area contributed by atoms with Crippen LogP contribution in [0.15, 0.2) is 18.2 Å². The molecule has 1 aromatic carbocycles. The van der Waals surface area contributed by atoms with Gasteiger partial charge < -0.3 is 15.2 Å². The van der Waals surface area contributed by atoms with Crippen molar-refractivity contribution in [2.45, 2.75) is 31.8 Å². The molecule has 1 atom stereocenters. The molecule has 2 N–H and O–H groups in total. The lowest BCUT2D eigenvalue weighted by atomic mass is 10.0. The number of nitrogens with two attached hydrogens (primary N) is 1. The second kappa shape index (κ2) is 4.44. The normalized spacial score (nSPS) is 22.1. The van der Waals surface area contributed by atoms with Crippen LogP contribution in [-0.2, 0) is 6.42 Å². The summed E-state index contributed by atoms with van der Waals surface area (Å²) in [6, 6.07) is 6.09. The van der Waals surface area contributed by atoms with Gasteiger partial charge in [-0.1, -0.05) is 6.07 Å². The van der Waals surface area contributed by atoms with Crippen LogP contribution in [0.4, 0.5) is 0 Å². The molecule has 0 aliphatic carbocycles. The first-order chi connectivity index (χ1) is 8.65. The molecule has 0 radical (unpaired) electrons. The summed E-state index contributed by atoms with van der Waals surface area (Å²) < 4.78 is 10.7. The van der Waals surface area contributed by atoms with Gasteiger partial charge in [0.15, 0.2) is 11.5 Å². The number of hydrogen-bond acceptors (Lipinski definition) is 4.